The second kappa shape index (κ2) is 5.59. The van der Waals surface area contributed by atoms with E-state index in [-0.39, 0.29) is 12.1 Å². The van der Waals surface area contributed by atoms with Gasteiger partial charge in [0.15, 0.2) is 0 Å². The van der Waals surface area contributed by atoms with Gasteiger partial charge in [-0.25, -0.2) is 4.79 Å². The molecule has 1 aliphatic heterocycles. The minimum Gasteiger partial charge on any atom is -0.335 e. The molecular formula is C15H21N3O. The topological polar surface area (TPSA) is 45.2 Å². The molecule has 1 saturated heterocycles. The molecular weight excluding hydrogens is 238 g/mol. The first kappa shape index (κ1) is 12.5. The van der Waals surface area contributed by atoms with E-state index in [1.54, 1.807) is 0 Å². The Kier molecular flexibility index (Phi) is 3.67. The van der Waals surface area contributed by atoms with Gasteiger partial charge in [0.05, 0.1) is 6.04 Å². The molecule has 0 bridgehead atoms. The number of aromatic nitrogens is 1. The van der Waals surface area contributed by atoms with Crippen molar-refractivity contribution in [2.45, 2.75) is 50.6 Å². The van der Waals surface area contributed by atoms with Gasteiger partial charge < -0.3 is 10.2 Å². The van der Waals surface area contributed by atoms with Crippen LogP contribution in [0.25, 0.3) is 0 Å². The van der Waals surface area contributed by atoms with Crippen LogP contribution in [0.3, 0.4) is 0 Å². The number of nitrogens with zero attached hydrogens (tertiary/aromatic N) is 2. The highest BCUT2D eigenvalue weighted by molar-refractivity contribution is 5.75. The monoisotopic (exact) mass is 259 g/mol. The molecule has 1 aliphatic carbocycles. The first-order chi connectivity index (χ1) is 9.34. The highest BCUT2D eigenvalue weighted by atomic mass is 16.2. The van der Waals surface area contributed by atoms with Gasteiger partial charge in [-0.2, -0.15) is 0 Å². The minimum atomic E-state index is 0.117. The maximum absolute atomic E-state index is 12.4. The third-order valence-corrected chi connectivity index (χ3v) is 4.01. The molecule has 1 aromatic heterocycles. The van der Waals surface area contributed by atoms with E-state index in [1.165, 1.54) is 18.4 Å². The summed E-state index contributed by atoms with van der Waals surface area (Å²) in [5.74, 6) is 0. The minimum absolute atomic E-state index is 0.117. The first-order valence-electron chi connectivity index (χ1n) is 7.31. The number of hydrogen-bond acceptors (Lipinski definition) is 2. The van der Waals surface area contributed by atoms with Gasteiger partial charge >= 0.3 is 6.03 Å². The molecule has 0 radical (unpaired) electrons. The Morgan fingerprint density at radius 3 is 2.68 bits per heavy atom. The molecule has 2 amide bonds. The van der Waals surface area contributed by atoms with Crippen molar-refractivity contribution in [2.75, 3.05) is 6.54 Å². The number of carbonyl (C=O) groups excluding carboxylic acids is 1. The summed E-state index contributed by atoms with van der Waals surface area (Å²) < 4.78 is 0. The number of pyridine rings is 1. The molecule has 1 N–H and O–H groups in total. The number of hydrogen-bond donors (Lipinski definition) is 1. The standard InChI is InChI=1S/C15H21N3O/c19-15(17-13-5-6-13)18-11-3-1-2-4-14(18)12-7-9-16-10-8-12/h7-10,13-14H,1-6,11H2,(H,17,19). The zero-order valence-electron chi connectivity index (χ0n) is 11.2. The van der Waals surface area contributed by atoms with Gasteiger partial charge in [0, 0.05) is 25.0 Å². The number of nitrogens with one attached hydrogen (secondary N) is 1. The van der Waals surface area contributed by atoms with Crippen LogP contribution >= 0.6 is 0 Å². The molecule has 4 heteroatoms. The van der Waals surface area contributed by atoms with Crippen LogP contribution in [0, 0.1) is 0 Å². The van der Waals surface area contributed by atoms with Crippen molar-refractivity contribution in [3.05, 3.63) is 30.1 Å². The van der Waals surface area contributed by atoms with E-state index in [2.05, 4.69) is 10.3 Å². The smallest absolute Gasteiger partial charge is 0.318 e. The van der Waals surface area contributed by atoms with Gasteiger partial charge in [0.1, 0.15) is 0 Å². The molecule has 0 aromatic carbocycles. The first-order valence-corrected chi connectivity index (χ1v) is 7.31. The second-order valence-electron chi connectivity index (χ2n) is 5.56. The summed E-state index contributed by atoms with van der Waals surface area (Å²) in [7, 11) is 0. The average molecular weight is 259 g/mol. The molecule has 2 heterocycles. The van der Waals surface area contributed by atoms with Gasteiger partial charge in [-0.15, -0.1) is 0 Å². The third-order valence-electron chi connectivity index (χ3n) is 4.01. The van der Waals surface area contributed by atoms with Crippen molar-refractivity contribution in [3.8, 4) is 0 Å². The van der Waals surface area contributed by atoms with E-state index in [1.807, 2.05) is 29.4 Å². The number of rotatable bonds is 2. The fourth-order valence-electron chi connectivity index (χ4n) is 2.77. The van der Waals surface area contributed by atoms with E-state index in [9.17, 15) is 4.79 Å². The van der Waals surface area contributed by atoms with Crippen LogP contribution in [-0.4, -0.2) is 28.5 Å². The summed E-state index contributed by atoms with van der Waals surface area (Å²) in [5.41, 5.74) is 1.21. The summed E-state index contributed by atoms with van der Waals surface area (Å²) in [4.78, 5) is 18.5. The summed E-state index contributed by atoms with van der Waals surface area (Å²) >= 11 is 0. The Labute approximate surface area is 114 Å². The number of carbonyl (C=O) groups is 1. The molecule has 19 heavy (non-hydrogen) atoms. The van der Waals surface area contributed by atoms with Crippen LogP contribution in [0.15, 0.2) is 24.5 Å². The molecule has 1 atom stereocenters. The lowest BCUT2D eigenvalue weighted by atomic mass is 10.0. The van der Waals surface area contributed by atoms with E-state index >= 15 is 0 Å². The van der Waals surface area contributed by atoms with Crippen molar-refractivity contribution in [1.82, 2.24) is 15.2 Å². The van der Waals surface area contributed by atoms with E-state index in [0.29, 0.717) is 6.04 Å². The Balaban J connectivity index is 1.77. The van der Waals surface area contributed by atoms with Gasteiger partial charge in [0.25, 0.3) is 0 Å². The van der Waals surface area contributed by atoms with Crippen molar-refractivity contribution < 1.29 is 4.79 Å². The summed E-state index contributed by atoms with van der Waals surface area (Å²) in [6.45, 7) is 0.867. The lowest BCUT2D eigenvalue weighted by Gasteiger charge is -2.30. The molecule has 2 fully saturated rings. The lowest BCUT2D eigenvalue weighted by molar-refractivity contribution is 0.175. The highest BCUT2D eigenvalue weighted by Gasteiger charge is 2.30. The van der Waals surface area contributed by atoms with Gasteiger partial charge in [-0.05, 0) is 43.4 Å². The lowest BCUT2D eigenvalue weighted by Crippen LogP contribution is -2.43. The predicted octanol–water partition coefficient (Wildman–Crippen LogP) is 2.87. The largest absolute Gasteiger partial charge is 0.335 e. The molecule has 0 spiro atoms. The van der Waals surface area contributed by atoms with Crippen LogP contribution in [-0.2, 0) is 0 Å². The van der Waals surface area contributed by atoms with Gasteiger partial charge in [0.2, 0.25) is 0 Å². The highest BCUT2D eigenvalue weighted by Crippen LogP contribution is 2.30. The maximum atomic E-state index is 12.4. The van der Waals surface area contributed by atoms with Crippen molar-refractivity contribution >= 4 is 6.03 Å². The van der Waals surface area contributed by atoms with E-state index in [4.69, 9.17) is 0 Å². The molecule has 102 valence electrons. The predicted molar refractivity (Wildman–Crippen MR) is 73.7 cm³/mol. The molecule has 4 nitrogen and oxygen atoms in total. The Bertz CT molecular complexity index is 430. The molecule has 1 aromatic rings. The zero-order chi connectivity index (χ0) is 13.1. The third kappa shape index (κ3) is 3.06. The molecule has 3 rings (SSSR count). The SMILES string of the molecule is O=C(NC1CC1)N1CCCCCC1c1ccncc1. The van der Waals surface area contributed by atoms with Crippen molar-refractivity contribution in [3.63, 3.8) is 0 Å². The maximum Gasteiger partial charge on any atom is 0.318 e. The van der Waals surface area contributed by atoms with Crippen LogP contribution < -0.4 is 5.32 Å². The summed E-state index contributed by atoms with van der Waals surface area (Å²) in [6, 6.07) is 4.82. The van der Waals surface area contributed by atoms with E-state index < -0.39 is 0 Å². The number of urea groups is 1. The van der Waals surface area contributed by atoms with E-state index in [0.717, 1.165) is 32.2 Å². The quantitative estimate of drug-likeness (QED) is 0.887. The Morgan fingerprint density at radius 2 is 1.95 bits per heavy atom. The molecule has 1 unspecified atom stereocenters. The van der Waals surface area contributed by atoms with Crippen LogP contribution in [0.1, 0.15) is 50.1 Å². The fourth-order valence-corrected chi connectivity index (χ4v) is 2.77. The Hall–Kier alpha value is -1.58. The van der Waals surface area contributed by atoms with Gasteiger partial charge in [-0.3, -0.25) is 4.98 Å². The zero-order valence-corrected chi connectivity index (χ0v) is 11.2. The second-order valence-corrected chi connectivity index (χ2v) is 5.56. The summed E-state index contributed by atoms with van der Waals surface area (Å²) in [6.07, 6.45) is 10.5. The summed E-state index contributed by atoms with van der Waals surface area (Å²) in [5, 5.41) is 3.12. The number of likely N-dealkylation sites (tertiary alicyclic amines) is 1. The van der Waals surface area contributed by atoms with Gasteiger partial charge in [-0.1, -0.05) is 12.8 Å². The van der Waals surface area contributed by atoms with Crippen molar-refractivity contribution in [2.24, 2.45) is 0 Å². The molecule has 2 aliphatic rings. The fraction of sp³-hybridized carbons (Fsp3) is 0.600. The Morgan fingerprint density at radius 1 is 1.16 bits per heavy atom. The van der Waals surface area contributed by atoms with Crippen LogP contribution in [0.4, 0.5) is 4.79 Å². The van der Waals surface area contributed by atoms with Crippen molar-refractivity contribution in [1.29, 1.82) is 0 Å². The van der Waals surface area contributed by atoms with Crippen LogP contribution in [0.2, 0.25) is 0 Å². The molecule has 1 saturated carbocycles. The number of amides is 2. The van der Waals surface area contributed by atoms with Crippen LogP contribution in [0.5, 0.6) is 0 Å². The normalized spacial score (nSPS) is 23.8. The average Bonchev–Trinajstić information content (AvgIpc) is 3.25.